The number of likely N-dealkylation sites (tertiary alicyclic amines) is 1. The first kappa shape index (κ1) is 15.8. The number of rotatable bonds is 5. The van der Waals surface area contributed by atoms with E-state index < -0.39 is 0 Å². The van der Waals surface area contributed by atoms with E-state index in [-0.39, 0.29) is 0 Å². The molecule has 3 rings (SSSR count). The molecule has 0 aromatic rings. The molecule has 0 amide bonds. The van der Waals surface area contributed by atoms with Gasteiger partial charge in [-0.2, -0.15) is 0 Å². The molecule has 0 bridgehead atoms. The summed E-state index contributed by atoms with van der Waals surface area (Å²) in [6.07, 6.45) is 7.19. The Morgan fingerprint density at radius 1 is 1.05 bits per heavy atom. The van der Waals surface area contributed by atoms with Crippen molar-refractivity contribution >= 4 is 0 Å². The van der Waals surface area contributed by atoms with Gasteiger partial charge in [0, 0.05) is 31.7 Å². The van der Waals surface area contributed by atoms with Crippen molar-refractivity contribution in [2.45, 2.75) is 51.5 Å². The summed E-state index contributed by atoms with van der Waals surface area (Å²) >= 11 is 0. The molecule has 0 N–H and O–H groups in total. The maximum atomic E-state index is 2.81. The first-order chi connectivity index (χ1) is 10.1. The monoisotopic (exact) mass is 293 g/mol. The van der Waals surface area contributed by atoms with E-state index >= 15 is 0 Å². The summed E-state index contributed by atoms with van der Waals surface area (Å²) in [6, 6.07) is 0. The van der Waals surface area contributed by atoms with Crippen molar-refractivity contribution in [3.05, 3.63) is 0 Å². The maximum Gasteiger partial charge on any atom is 0.0338 e. The van der Waals surface area contributed by atoms with E-state index in [1.54, 1.807) is 0 Å². The fraction of sp³-hybridized carbons (Fsp3) is 1.00. The van der Waals surface area contributed by atoms with Crippen LogP contribution in [0.2, 0.25) is 0 Å². The van der Waals surface area contributed by atoms with Gasteiger partial charge in [-0.3, -0.25) is 4.90 Å². The molecule has 3 fully saturated rings. The Balaban J connectivity index is 1.42. The number of piperazine rings is 1. The zero-order valence-corrected chi connectivity index (χ0v) is 14.5. The topological polar surface area (TPSA) is 9.72 Å². The van der Waals surface area contributed by atoms with Gasteiger partial charge in [-0.05, 0) is 70.6 Å². The molecule has 0 radical (unpaired) electrons. The normalized spacial score (nSPS) is 28.6. The highest BCUT2D eigenvalue weighted by atomic mass is 15.3. The van der Waals surface area contributed by atoms with Crippen LogP contribution in [0.15, 0.2) is 0 Å². The molecule has 0 aromatic heterocycles. The highest BCUT2D eigenvalue weighted by Gasteiger charge is 2.50. The number of hydrogen-bond acceptors (Lipinski definition) is 3. The van der Waals surface area contributed by atoms with Crippen molar-refractivity contribution < 1.29 is 0 Å². The second kappa shape index (κ2) is 6.55. The fourth-order valence-corrected chi connectivity index (χ4v) is 4.35. The highest BCUT2D eigenvalue weighted by molar-refractivity contribution is 5.08. The van der Waals surface area contributed by atoms with E-state index in [0.717, 1.165) is 11.8 Å². The third-order valence-electron chi connectivity index (χ3n) is 5.98. The minimum Gasteiger partial charge on any atom is -0.306 e. The van der Waals surface area contributed by atoms with Gasteiger partial charge >= 0.3 is 0 Å². The molecular weight excluding hydrogens is 258 g/mol. The van der Waals surface area contributed by atoms with Crippen LogP contribution < -0.4 is 0 Å². The van der Waals surface area contributed by atoms with E-state index in [4.69, 9.17) is 0 Å². The quantitative estimate of drug-likeness (QED) is 0.771. The average molecular weight is 293 g/mol. The van der Waals surface area contributed by atoms with Crippen LogP contribution in [0.4, 0.5) is 0 Å². The van der Waals surface area contributed by atoms with E-state index in [1.807, 2.05) is 0 Å². The molecule has 21 heavy (non-hydrogen) atoms. The molecule has 0 unspecified atom stereocenters. The molecule has 1 saturated carbocycles. The molecule has 0 aromatic carbocycles. The van der Waals surface area contributed by atoms with Crippen LogP contribution in [0.1, 0.15) is 46.0 Å². The number of nitrogens with zero attached hydrogens (tertiary/aromatic N) is 3. The molecule has 3 heteroatoms. The van der Waals surface area contributed by atoms with Crippen LogP contribution in [0, 0.1) is 11.8 Å². The molecule has 122 valence electrons. The molecule has 3 nitrogen and oxygen atoms in total. The largest absolute Gasteiger partial charge is 0.306 e. The summed E-state index contributed by atoms with van der Waals surface area (Å²) < 4.78 is 0. The van der Waals surface area contributed by atoms with Crippen LogP contribution in [0.5, 0.6) is 0 Å². The van der Waals surface area contributed by atoms with Crippen molar-refractivity contribution in [3.63, 3.8) is 0 Å². The Hall–Kier alpha value is -0.120. The lowest BCUT2D eigenvalue weighted by Gasteiger charge is -2.43. The summed E-state index contributed by atoms with van der Waals surface area (Å²) in [7, 11) is 2.26. The Kier molecular flexibility index (Phi) is 4.92. The van der Waals surface area contributed by atoms with Gasteiger partial charge in [0.1, 0.15) is 0 Å². The van der Waals surface area contributed by atoms with Crippen molar-refractivity contribution in [2.75, 3.05) is 52.9 Å². The first-order valence-electron chi connectivity index (χ1n) is 9.23. The summed E-state index contributed by atoms with van der Waals surface area (Å²) in [5.41, 5.74) is 0.593. The van der Waals surface area contributed by atoms with Crippen LogP contribution in [0.3, 0.4) is 0 Å². The van der Waals surface area contributed by atoms with E-state index in [1.165, 1.54) is 77.9 Å². The highest BCUT2D eigenvalue weighted by Crippen LogP contribution is 2.44. The van der Waals surface area contributed by atoms with Gasteiger partial charge in [-0.15, -0.1) is 0 Å². The first-order valence-corrected chi connectivity index (χ1v) is 9.23. The van der Waals surface area contributed by atoms with E-state index in [9.17, 15) is 0 Å². The van der Waals surface area contributed by atoms with Crippen LogP contribution in [-0.4, -0.2) is 73.1 Å². The fourth-order valence-electron chi connectivity index (χ4n) is 4.35. The number of piperidine rings is 1. The Morgan fingerprint density at radius 2 is 1.76 bits per heavy atom. The van der Waals surface area contributed by atoms with Gasteiger partial charge in [0.2, 0.25) is 0 Å². The van der Waals surface area contributed by atoms with Crippen molar-refractivity contribution in [2.24, 2.45) is 11.8 Å². The maximum absolute atomic E-state index is 2.81. The lowest BCUT2D eigenvalue weighted by atomic mass is 9.93. The number of hydrogen-bond donors (Lipinski definition) is 0. The second-order valence-corrected chi connectivity index (χ2v) is 8.38. The van der Waals surface area contributed by atoms with E-state index in [0.29, 0.717) is 5.54 Å². The molecule has 2 heterocycles. The smallest absolute Gasteiger partial charge is 0.0338 e. The van der Waals surface area contributed by atoms with Gasteiger partial charge in [-0.1, -0.05) is 13.8 Å². The summed E-state index contributed by atoms with van der Waals surface area (Å²) in [5.74, 6) is 1.80. The molecule has 3 aliphatic rings. The Morgan fingerprint density at radius 3 is 2.38 bits per heavy atom. The average Bonchev–Trinajstić information content (AvgIpc) is 3.21. The zero-order chi connectivity index (χ0) is 14.9. The van der Waals surface area contributed by atoms with Gasteiger partial charge in [0.25, 0.3) is 0 Å². The van der Waals surface area contributed by atoms with Gasteiger partial charge in [-0.25, -0.2) is 0 Å². The van der Waals surface area contributed by atoms with Crippen molar-refractivity contribution in [1.29, 1.82) is 0 Å². The van der Waals surface area contributed by atoms with Crippen LogP contribution in [0.25, 0.3) is 0 Å². The standard InChI is InChI=1S/C18H35N3/c1-16(2)14-21-13-12-20(15-18(21)7-8-18)11-6-17-4-9-19(3)10-5-17/h16-17H,4-15H2,1-3H3. The SMILES string of the molecule is CC(C)CN1CCN(CCC2CCN(C)CC2)CC12CC2. The lowest BCUT2D eigenvalue weighted by molar-refractivity contribution is 0.0457. The van der Waals surface area contributed by atoms with E-state index in [2.05, 4.69) is 35.6 Å². The van der Waals surface area contributed by atoms with Gasteiger partial charge in [0.05, 0.1) is 0 Å². The van der Waals surface area contributed by atoms with Crippen molar-refractivity contribution in [3.8, 4) is 0 Å². The summed E-state index contributed by atoms with van der Waals surface area (Å²) in [6.45, 7) is 14.0. The zero-order valence-electron chi connectivity index (χ0n) is 14.5. The molecule has 1 aliphatic carbocycles. The third-order valence-corrected chi connectivity index (χ3v) is 5.98. The second-order valence-electron chi connectivity index (χ2n) is 8.38. The predicted octanol–water partition coefficient (Wildman–Crippen LogP) is 2.52. The van der Waals surface area contributed by atoms with Crippen LogP contribution >= 0.6 is 0 Å². The minimum atomic E-state index is 0.593. The summed E-state index contributed by atoms with van der Waals surface area (Å²) in [4.78, 5) is 8.08. The summed E-state index contributed by atoms with van der Waals surface area (Å²) in [5, 5.41) is 0. The molecule has 2 aliphatic heterocycles. The molecular formula is C18H35N3. The molecule has 1 spiro atoms. The Labute approximate surface area is 131 Å². The molecule has 2 saturated heterocycles. The van der Waals surface area contributed by atoms with Gasteiger partial charge in [0.15, 0.2) is 0 Å². The minimum absolute atomic E-state index is 0.593. The van der Waals surface area contributed by atoms with Crippen molar-refractivity contribution in [1.82, 2.24) is 14.7 Å². The van der Waals surface area contributed by atoms with Crippen LogP contribution in [-0.2, 0) is 0 Å². The predicted molar refractivity (Wildman–Crippen MR) is 89.7 cm³/mol. The Bertz CT molecular complexity index is 329. The lowest BCUT2D eigenvalue weighted by Crippen LogP contribution is -2.56. The third kappa shape index (κ3) is 4.00. The molecule has 0 atom stereocenters. The van der Waals surface area contributed by atoms with Gasteiger partial charge < -0.3 is 9.80 Å².